The molecule has 0 saturated carbocycles. The second kappa shape index (κ2) is 8.45. The Morgan fingerprint density at radius 1 is 1.17 bits per heavy atom. The third-order valence-electron chi connectivity index (χ3n) is 4.33. The summed E-state index contributed by atoms with van der Waals surface area (Å²) in [6.45, 7) is 3.69. The van der Waals surface area contributed by atoms with Crippen molar-refractivity contribution in [1.82, 2.24) is 9.78 Å². The number of nitrogens with one attached hydrogen (secondary N) is 2. The van der Waals surface area contributed by atoms with Crippen molar-refractivity contribution < 1.29 is 17.6 Å². The fourth-order valence-electron chi connectivity index (χ4n) is 2.88. The Bertz CT molecular complexity index is 1210. The van der Waals surface area contributed by atoms with Crippen LogP contribution in [-0.4, -0.2) is 30.4 Å². The summed E-state index contributed by atoms with van der Waals surface area (Å²) in [5.74, 6) is -0.818. The average Bonchev–Trinajstić information content (AvgIpc) is 2.92. The SMILES string of the molecule is Cc1ccc(NC(=O)c2c(C)nn(Cc3ccc(F)cc3)c2Cl)cc1NS(C)(=O)=O. The molecule has 0 aliphatic heterocycles. The molecule has 0 aliphatic rings. The van der Waals surface area contributed by atoms with E-state index in [0.29, 0.717) is 22.6 Å². The van der Waals surface area contributed by atoms with Gasteiger partial charge in [0.1, 0.15) is 11.0 Å². The second-order valence-corrected chi connectivity index (χ2v) is 9.00. The second-order valence-electron chi connectivity index (χ2n) is 6.89. The molecule has 2 aromatic carbocycles. The fourth-order valence-corrected chi connectivity index (χ4v) is 3.82. The predicted molar refractivity (Wildman–Crippen MR) is 115 cm³/mol. The first kappa shape index (κ1) is 21.8. The maximum atomic E-state index is 13.1. The lowest BCUT2D eigenvalue weighted by atomic mass is 10.1. The lowest BCUT2D eigenvalue weighted by Crippen LogP contribution is -2.15. The molecule has 0 spiro atoms. The van der Waals surface area contributed by atoms with E-state index in [2.05, 4.69) is 15.1 Å². The molecule has 3 aromatic rings. The number of nitrogens with zero attached hydrogens (tertiary/aromatic N) is 2. The van der Waals surface area contributed by atoms with E-state index >= 15 is 0 Å². The first-order valence-corrected chi connectivity index (χ1v) is 11.2. The predicted octanol–water partition coefficient (Wildman–Crippen LogP) is 3.96. The van der Waals surface area contributed by atoms with Gasteiger partial charge in [0.25, 0.3) is 5.91 Å². The zero-order valence-corrected chi connectivity index (χ0v) is 18.1. The molecule has 2 N–H and O–H groups in total. The highest BCUT2D eigenvalue weighted by atomic mass is 35.5. The Morgan fingerprint density at radius 3 is 2.47 bits per heavy atom. The molecule has 0 bridgehead atoms. The van der Waals surface area contributed by atoms with Crippen LogP contribution < -0.4 is 10.0 Å². The molecule has 0 unspecified atom stereocenters. The smallest absolute Gasteiger partial charge is 0.260 e. The summed E-state index contributed by atoms with van der Waals surface area (Å²) < 4.78 is 40.0. The van der Waals surface area contributed by atoms with Crippen LogP contribution in [-0.2, 0) is 16.6 Å². The number of benzene rings is 2. The summed E-state index contributed by atoms with van der Waals surface area (Å²) in [6.07, 6.45) is 1.05. The van der Waals surface area contributed by atoms with E-state index in [1.54, 1.807) is 38.1 Å². The third-order valence-corrected chi connectivity index (χ3v) is 5.30. The quantitative estimate of drug-likeness (QED) is 0.594. The van der Waals surface area contributed by atoms with E-state index < -0.39 is 15.9 Å². The van der Waals surface area contributed by atoms with Gasteiger partial charge in [0.2, 0.25) is 10.0 Å². The van der Waals surface area contributed by atoms with Crippen molar-refractivity contribution in [3.63, 3.8) is 0 Å². The molecule has 0 radical (unpaired) electrons. The molecule has 0 aliphatic carbocycles. The minimum atomic E-state index is -3.46. The van der Waals surface area contributed by atoms with Crippen molar-refractivity contribution in [2.24, 2.45) is 0 Å². The van der Waals surface area contributed by atoms with Crippen molar-refractivity contribution in [3.05, 3.63) is 75.8 Å². The number of carbonyl (C=O) groups is 1. The van der Waals surface area contributed by atoms with Crippen LogP contribution in [0.15, 0.2) is 42.5 Å². The zero-order chi connectivity index (χ0) is 22.1. The van der Waals surface area contributed by atoms with Crippen LogP contribution in [0.1, 0.15) is 27.2 Å². The molecule has 3 rings (SSSR count). The highest BCUT2D eigenvalue weighted by molar-refractivity contribution is 7.92. The number of rotatable bonds is 6. The van der Waals surface area contributed by atoms with E-state index in [1.807, 2.05) is 0 Å². The van der Waals surface area contributed by atoms with E-state index in [4.69, 9.17) is 11.6 Å². The Hall–Kier alpha value is -2.91. The molecular formula is C20H20ClFN4O3S. The zero-order valence-electron chi connectivity index (χ0n) is 16.5. The maximum absolute atomic E-state index is 13.1. The van der Waals surface area contributed by atoms with Gasteiger partial charge in [0, 0.05) is 5.69 Å². The van der Waals surface area contributed by atoms with Gasteiger partial charge in [-0.25, -0.2) is 17.5 Å². The van der Waals surface area contributed by atoms with Gasteiger partial charge in [0.15, 0.2) is 0 Å². The van der Waals surface area contributed by atoms with E-state index in [-0.39, 0.29) is 23.1 Å². The van der Waals surface area contributed by atoms with Crippen LogP contribution in [0.3, 0.4) is 0 Å². The van der Waals surface area contributed by atoms with Gasteiger partial charge in [-0.05, 0) is 49.2 Å². The average molecular weight is 451 g/mol. The first-order chi connectivity index (χ1) is 14.0. The lowest BCUT2D eigenvalue weighted by molar-refractivity contribution is 0.102. The van der Waals surface area contributed by atoms with E-state index in [9.17, 15) is 17.6 Å². The van der Waals surface area contributed by atoms with E-state index in [0.717, 1.165) is 11.8 Å². The molecule has 158 valence electrons. The van der Waals surface area contributed by atoms with Gasteiger partial charge >= 0.3 is 0 Å². The number of aryl methyl sites for hydroxylation is 2. The van der Waals surface area contributed by atoms with Crippen LogP contribution in [0.25, 0.3) is 0 Å². The van der Waals surface area contributed by atoms with Crippen LogP contribution in [0.2, 0.25) is 5.15 Å². The Balaban J connectivity index is 1.83. The van der Waals surface area contributed by atoms with Crippen molar-refractivity contribution in [3.8, 4) is 0 Å². The van der Waals surface area contributed by atoms with Crippen LogP contribution in [0.5, 0.6) is 0 Å². The molecule has 10 heteroatoms. The van der Waals surface area contributed by atoms with Crippen LogP contribution in [0, 0.1) is 19.7 Å². The Kier molecular flexibility index (Phi) is 6.14. The van der Waals surface area contributed by atoms with Gasteiger partial charge in [-0.15, -0.1) is 0 Å². The van der Waals surface area contributed by atoms with Gasteiger partial charge < -0.3 is 5.32 Å². The van der Waals surface area contributed by atoms with Crippen LogP contribution >= 0.6 is 11.6 Å². The molecule has 0 atom stereocenters. The summed E-state index contributed by atoms with van der Waals surface area (Å²) >= 11 is 6.39. The Morgan fingerprint density at radius 2 is 1.83 bits per heavy atom. The molecule has 30 heavy (non-hydrogen) atoms. The highest BCUT2D eigenvalue weighted by Crippen LogP contribution is 2.25. The summed E-state index contributed by atoms with van der Waals surface area (Å²) in [5, 5.41) is 7.17. The molecule has 1 heterocycles. The van der Waals surface area contributed by atoms with Gasteiger partial charge in [0.05, 0.1) is 29.7 Å². The van der Waals surface area contributed by atoms with Gasteiger partial charge in [-0.1, -0.05) is 29.8 Å². The maximum Gasteiger partial charge on any atom is 0.260 e. The summed E-state index contributed by atoms with van der Waals surface area (Å²) in [6, 6.07) is 10.8. The standard InChI is InChI=1S/C20H20ClFN4O3S/c1-12-4-9-16(10-17(12)25-30(3,28)29)23-20(27)18-13(2)24-26(19(18)21)11-14-5-7-15(22)8-6-14/h4-10,25H,11H2,1-3H3,(H,23,27). The third kappa shape index (κ3) is 5.17. The summed E-state index contributed by atoms with van der Waals surface area (Å²) in [5.41, 5.74) is 2.89. The van der Waals surface area contributed by atoms with Crippen molar-refractivity contribution >= 4 is 38.9 Å². The number of carbonyl (C=O) groups excluding carboxylic acids is 1. The van der Waals surface area contributed by atoms with Crippen LogP contribution in [0.4, 0.5) is 15.8 Å². The number of sulfonamides is 1. The minimum Gasteiger partial charge on any atom is -0.322 e. The normalized spacial score (nSPS) is 11.4. The summed E-state index contributed by atoms with van der Waals surface area (Å²) in [7, 11) is -3.46. The van der Waals surface area contributed by atoms with E-state index in [1.165, 1.54) is 22.9 Å². The monoisotopic (exact) mass is 450 g/mol. The molecular weight excluding hydrogens is 431 g/mol. The first-order valence-electron chi connectivity index (χ1n) is 8.90. The summed E-state index contributed by atoms with van der Waals surface area (Å²) in [4.78, 5) is 12.8. The number of amides is 1. The lowest BCUT2D eigenvalue weighted by Gasteiger charge is -2.11. The van der Waals surface area contributed by atoms with Crippen molar-refractivity contribution in [2.45, 2.75) is 20.4 Å². The number of aromatic nitrogens is 2. The largest absolute Gasteiger partial charge is 0.322 e. The molecule has 1 amide bonds. The molecule has 7 nitrogen and oxygen atoms in total. The van der Waals surface area contributed by atoms with Crippen molar-refractivity contribution in [2.75, 3.05) is 16.3 Å². The van der Waals surface area contributed by atoms with Gasteiger partial charge in [-0.3, -0.25) is 9.52 Å². The highest BCUT2D eigenvalue weighted by Gasteiger charge is 2.21. The van der Waals surface area contributed by atoms with Crippen molar-refractivity contribution in [1.29, 1.82) is 0 Å². The molecule has 0 saturated heterocycles. The number of halogens is 2. The Labute approximate surface area is 178 Å². The topological polar surface area (TPSA) is 93.1 Å². The minimum absolute atomic E-state index is 0.149. The molecule has 0 fully saturated rings. The molecule has 1 aromatic heterocycles. The number of anilines is 2. The van der Waals surface area contributed by atoms with Gasteiger partial charge in [-0.2, -0.15) is 5.10 Å². The fraction of sp³-hybridized carbons (Fsp3) is 0.200. The number of hydrogen-bond donors (Lipinski definition) is 2. The number of hydrogen-bond acceptors (Lipinski definition) is 4.